The van der Waals surface area contributed by atoms with Crippen molar-refractivity contribution in [1.82, 2.24) is 9.97 Å². The van der Waals surface area contributed by atoms with Gasteiger partial charge in [-0.15, -0.1) is 11.3 Å². The molecule has 152 valence electrons. The van der Waals surface area contributed by atoms with Crippen molar-refractivity contribution in [3.05, 3.63) is 40.8 Å². The van der Waals surface area contributed by atoms with Gasteiger partial charge in [-0.3, -0.25) is 4.79 Å². The number of rotatable bonds is 6. The molecule has 1 saturated carbocycles. The quantitative estimate of drug-likeness (QED) is 0.569. The molecule has 2 aromatic heterocycles. The number of nitrogens with zero attached hydrogens (tertiary/aromatic N) is 2. The molecule has 0 radical (unpaired) electrons. The fourth-order valence-corrected chi connectivity index (χ4v) is 4.65. The molecule has 1 aromatic carbocycles. The van der Waals surface area contributed by atoms with Gasteiger partial charge >= 0.3 is 0 Å². The topological polar surface area (TPSA) is 73.3 Å². The molecule has 1 aliphatic carbocycles. The molecule has 1 N–H and O–H groups in total. The van der Waals surface area contributed by atoms with Gasteiger partial charge in [0.05, 0.1) is 28.2 Å². The number of halogens is 1. The zero-order valence-electron chi connectivity index (χ0n) is 16.3. The Balaban J connectivity index is 1.62. The minimum atomic E-state index is -0.362. The van der Waals surface area contributed by atoms with Crippen molar-refractivity contribution in [1.29, 1.82) is 0 Å². The number of ether oxygens (including phenoxy) is 2. The van der Waals surface area contributed by atoms with E-state index in [-0.39, 0.29) is 18.0 Å². The van der Waals surface area contributed by atoms with Crippen LogP contribution in [0.3, 0.4) is 0 Å². The molecule has 29 heavy (non-hydrogen) atoms. The van der Waals surface area contributed by atoms with E-state index in [1.165, 1.54) is 29.8 Å². The summed E-state index contributed by atoms with van der Waals surface area (Å²) in [7, 11) is 1.73. The third-order valence-electron chi connectivity index (χ3n) is 5.32. The summed E-state index contributed by atoms with van der Waals surface area (Å²) < 4.78 is 25.5. The average molecular weight is 415 g/mol. The fraction of sp³-hybridized carbons (Fsp3) is 0.381. The van der Waals surface area contributed by atoms with E-state index in [0.717, 1.165) is 47.7 Å². The second-order valence-corrected chi connectivity index (χ2v) is 8.16. The van der Waals surface area contributed by atoms with Crippen molar-refractivity contribution < 1.29 is 18.7 Å². The number of carbonyl (C=O) groups excluding carboxylic acids is 1. The lowest BCUT2D eigenvalue weighted by molar-refractivity contribution is 0.0329. The van der Waals surface area contributed by atoms with Crippen molar-refractivity contribution in [3.63, 3.8) is 0 Å². The van der Waals surface area contributed by atoms with E-state index in [2.05, 4.69) is 15.3 Å². The SMILES string of the molecule is COC1CCC(Oc2cc(F)ccc2Nc2ncnc3sc(C=O)c(C)c23)CC1. The molecule has 0 amide bonds. The molecule has 3 aromatic rings. The van der Waals surface area contributed by atoms with Crippen LogP contribution in [0, 0.1) is 12.7 Å². The summed E-state index contributed by atoms with van der Waals surface area (Å²) in [6.07, 6.45) is 6.13. The monoisotopic (exact) mass is 415 g/mol. The average Bonchev–Trinajstić information content (AvgIpc) is 3.07. The Morgan fingerprint density at radius 2 is 1.97 bits per heavy atom. The number of nitrogens with one attached hydrogen (secondary N) is 1. The molecular weight excluding hydrogens is 393 g/mol. The highest BCUT2D eigenvalue weighted by Crippen LogP contribution is 2.37. The lowest BCUT2D eigenvalue weighted by atomic mass is 9.95. The number of aryl methyl sites for hydroxylation is 1. The van der Waals surface area contributed by atoms with E-state index >= 15 is 0 Å². The summed E-state index contributed by atoms with van der Waals surface area (Å²) in [4.78, 5) is 21.2. The number of aromatic nitrogens is 2. The fourth-order valence-electron chi connectivity index (χ4n) is 3.69. The Hall–Kier alpha value is -2.58. The van der Waals surface area contributed by atoms with Gasteiger partial charge in [0.15, 0.2) is 6.29 Å². The lowest BCUT2D eigenvalue weighted by Crippen LogP contribution is -2.27. The standard InChI is InChI=1S/C21H22FN3O3S/c1-12-18(10-26)29-21-19(12)20(23-11-24-21)25-16-8-3-13(22)9-17(16)28-15-6-4-14(27-2)5-7-15/h3,8-11,14-15H,4-7H2,1-2H3,(H,23,24,25). The maximum absolute atomic E-state index is 13.9. The highest BCUT2D eigenvalue weighted by atomic mass is 32.1. The van der Waals surface area contributed by atoms with Crippen molar-refractivity contribution in [3.8, 4) is 5.75 Å². The Bertz CT molecular complexity index is 1030. The number of thiophene rings is 1. The molecule has 4 rings (SSSR count). The largest absolute Gasteiger partial charge is 0.488 e. The van der Waals surface area contributed by atoms with Gasteiger partial charge < -0.3 is 14.8 Å². The van der Waals surface area contributed by atoms with Crippen LogP contribution in [0.5, 0.6) is 5.75 Å². The first kappa shape index (κ1) is 19.7. The van der Waals surface area contributed by atoms with Crippen LogP contribution in [-0.2, 0) is 4.74 Å². The summed E-state index contributed by atoms with van der Waals surface area (Å²) in [6, 6.07) is 4.41. The third kappa shape index (κ3) is 4.09. The Morgan fingerprint density at radius 3 is 2.69 bits per heavy atom. The van der Waals surface area contributed by atoms with Crippen LogP contribution in [0.15, 0.2) is 24.5 Å². The van der Waals surface area contributed by atoms with Gasteiger partial charge in [0.25, 0.3) is 0 Å². The molecule has 8 heteroatoms. The first-order valence-electron chi connectivity index (χ1n) is 9.54. The zero-order chi connectivity index (χ0) is 20.4. The van der Waals surface area contributed by atoms with E-state index < -0.39 is 0 Å². The number of benzene rings is 1. The minimum absolute atomic E-state index is 0.0127. The van der Waals surface area contributed by atoms with E-state index in [9.17, 15) is 9.18 Å². The number of aldehydes is 1. The van der Waals surface area contributed by atoms with Crippen molar-refractivity contribution in [2.75, 3.05) is 12.4 Å². The van der Waals surface area contributed by atoms with Crippen LogP contribution in [0.4, 0.5) is 15.9 Å². The van der Waals surface area contributed by atoms with Crippen LogP contribution in [0.1, 0.15) is 40.9 Å². The number of methoxy groups -OCH3 is 1. The molecule has 6 nitrogen and oxygen atoms in total. The third-order valence-corrected chi connectivity index (χ3v) is 6.44. The molecule has 0 atom stereocenters. The highest BCUT2D eigenvalue weighted by Gasteiger charge is 2.23. The van der Waals surface area contributed by atoms with Crippen LogP contribution < -0.4 is 10.1 Å². The highest BCUT2D eigenvalue weighted by molar-refractivity contribution is 7.20. The van der Waals surface area contributed by atoms with E-state index in [1.807, 2.05) is 6.92 Å². The molecule has 1 aliphatic rings. The Kier molecular flexibility index (Phi) is 5.73. The first-order valence-corrected chi connectivity index (χ1v) is 10.4. The van der Waals surface area contributed by atoms with Crippen molar-refractivity contribution >= 4 is 39.3 Å². The summed E-state index contributed by atoms with van der Waals surface area (Å²) in [5.41, 5.74) is 1.45. The second-order valence-electron chi connectivity index (χ2n) is 7.13. The van der Waals surface area contributed by atoms with E-state index in [1.54, 1.807) is 13.2 Å². The summed E-state index contributed by atoms with van der Waals surface area (Å²) in [5.74, 6) is 0.649. The molecule has 0 spiro atoms. The smallest absolute Gasteiger partial charge is 0.160 e. The van der Waals surface area contributed by atoms with Crippen molar-refractivity contribution in [2.24, 2.45) is 0 Å². The second kappa shape index (κ2) is 8.42. The molecule has 2 heterocycles. The number of hydrogen-bond donors (Lipinski definition) is 1. The summed E-state index contributed by atoms with van der Waals surface area (Å²) >= 11 is 1.32. The first-order chi connectivity index (χ1) is 14.1. The predicted molar refractivity (Wildman–Crippen MR) is 111 cm³/mol. The molecule has 0 aliphatic heterocycles. The molecule has 0 saturated heterocycles. The lowest BCUT2D eigenvalue weighted by Gasteiger charge is -2.28. The van der Waals surface area contributed by atoms with Gasteiger partial charge in [-0.2, -0.15) is 0 Å². The Labute approximate surface area is 172 Å². The summed E-state index contributed by atoms with van der Waals surface area (Å²) in [6.45, 7) is 1.87. The van der Waals surface area contributed by atoms with Gasteiger partial charge in [-0.05, 0) is 50.3 Å². The van der Waals surface area contributed by atoms with Crippen LogP contribution >= 0.6 is 11.3 Å². The van der Waals surface area contributed by atoms with Gasteiger partial charge in [0.1, 0.15) is 28.5 Å². The maximum atomic E-state index is 13.9. The van der Waals surface area contributed by atoms with Gasteiger partial charge in [0, 0.05) is 13.2 Å². The van der Waals surface area contributed by atoms with Crippen LogP contribution in [-0.4, -0.2) is 35.6 Å². The molecule has 0 unspecified atom stereocenters. The number of hydrogen-bond acceptors (Lipinski definition) is 7. The molecule has 0 bridgehead atoms. The van der Waals surface area contributed by atoms with Gasteiger partial charge in [-0.25, -0.2) is 14.4 Å². The molecule has 1 fully saturated rings. The van der Waals surface area contributed by atoms with E-state index in [4.69, 9.17) is 9.47 Å². The zero-order valence-corrected chi connectivity index (χ0v) is 17.1. The predicted octanol–water partition coefficient (Wildman–Crippen LogP) is 5.03. The normalized spacial score (nSPS) is 19.3. The van der Waals surface area contributed by atoms with Crippen LogP contribution in [0.2, 0.25) is 0 Å². The maximum Gasteiger partial charge on any atom is 0.160 e. The van der Waals surface area contributed by atoms with Gasteiger partial charge in [-0.1, -0.05) is 0 Å². The van der Waals surface area contributed by atoms with E-state index in [0.29, 0.717) is 22.1 Å². The summed E-state index contributed by atoms with van der Waals surface area (Å²) in [5, 5.41) is 4.04. The molecular formula is C21H22FN3O3S. The number of carbonyl (C=O) groups is 1. The van der Waals surface area contributed by atoms with Gasteiger partial charge in [0.2, 0.25) is 0 Å². The number of fused-ring (bicyclic) bond motifs is 1. The Morgan fingerprint density at radius 1 is 1.21 bits per heavy atom. The van der Waals surface area contributed by atoms with Crippen LogP contribution in [0.25, 0.3) is 10.2 Å². The minimum Gasteiger partial charge on any atom is -0.488 e. The number of anilines is 2. The van der Waals surface area contributed by atoms with Crippen molar-refractivity contribution in [2.45, 2.75) is 44.8 Å².